The molecular formula is C8H11NO3. The number of ether oxygens (including phenoxy) is 1. The van der Waals surface area contributed by atoms with Crippen molar-refractivity contribution in [3.63, 3.8) is 0 Å². The summed E-state index contributed by atoms with van der Waals surface area (Å²) in [6.07, 6.45) is 0. The van der Waals surface area contributed by atoms with Crippen molar-refractivity contribution in [1.29, 1.82) is 0 Å². The van der Waals surface area contributed by atoms with Crippen LogP contribution in [0.5, 0.6) is 0 Å². The molecule has 4 heteroatoms. The summed E-state index contributed by atoms with van der Waals surface area (Å²) in [6, 6.07) is 0. The minimum atomic E-state index is -0.981. The van der Waals surface area contributed by atoms with Crippen molar-refractivity contribution < 1.29 is 14.3 Å². The summed E-state index contributed by atoms with van der Waals surface area (Å²) in [5.41, 5.74) is 4.37. The third-order valence-electron chi connectivity index (χ3n) is 1.74. The summed E-state index contributed by atoms with van der Waals surface area (Å²) in [5.74, 6) is -0.743. The van der Waals surface area contributed by atoms with Crippen molar-refractivity contribution in [2.75, 3.05) is 0 Å². The fourth-order valence-corrected chi connectivity index (χ4v) is 1.12. The van der Waals surface area contributed by atoms with Crippen LogP contribution in [0.1, 0.15) is 20.8 Å². The van der Waals surface area contributed by atoms with Crippen LogP contribution in [0.25, 0.3) is 0 Å². The van der Waals surface area contributed by atoms with Crippen molar-refractivity contribution in [3.05, 3.63) is 11.5 Å². The van der Waals surface area contributed by atoms with Gasteiger partial charge in [-0.2, -0.15) is 0 Å². The van der Waals surface area contributed by atoms with Gasteiger partial charge in [0, 0.05) is 0 Å². The molecule has 0 atom stereocenters. The van der Waals surface area contributed by atoms with E-state index in [9.17, 15) is 9.59 Å². The molecule has 12 heavy (non-hydrogen) atoms. The predicted octanol–water partition coefficient (Wildman–Crippen LogP) is 0.124. The Bertz CT molecular complexity index is 289. The first-order valence-corrected chi connectivity index (χ1v) is 3.61. The van der Waals surface area contributed by atoms with Gasteiger partial charge in [0.25, 0.3) is 0 Å². The SMILES string of the molecule is CC(=O)C1=C(N)OC(C)(C)C1=O. The van der Waals surface area contributed by atoms with E-state index >= 15 is 0 Å². The quantitative estimate of drug-likeness (QED) is 0.566. The van der Waals surface area contributed by atoms with Gasteiger partial charge in [-0.3, -0.25) is 9.59 Å². The smallest absolute Gasteiger partial charge is 0.214 e. The second-order valence-electron chi connectivity index (χ2n) is 3.24. The molecule has 1 aliphatic heterocycles. The Morgan fingerprint density at radius 2 is 2.00 bits per heavy atom. The van der Waals surface area contributed by atoms with Crippen LogP contribution in [-0.4, -0.2) is 17.2 Å². The minimum Gasteiger partial charge on any atom is -0.464 e. The van der Waals surface area contributed by atoms with Gasteiger partial charge in [0.1, 0.15) is 5.57 Å². The lowest BCUT2D eigenvalue weighted by Gasteiger charge is -2.15. The van der Waals surface area contributed by atoms with Crippen LogP contribution in [0.4, 0.5) is 0 Å². The zero-order chi connectivity index (χ0) is 9.52. The van der Waals surface area contributed by atoms with E-state index in [1.165, 1.54) is 6.92 Å². The van der Waals surface area contributed by atoms with Gasteiger partial charge < -0.3 is 10.5 Å². The standard InChI is InChI=1S/C8H11NO3/c1-4(10)5-6(11)8(2,3)12-7(5)9/h9H2,1-3H3. The van der Waals surface area contributed by atoms with E-state index in [0.717, 1.165) is 0 Å². The number of Topliss-reactive ketones (excluding diaryl/α,β-unsaturated/α-hetero) is 2. The van der Waals surface area contributed by atoms with Crippen LogP contribution >= 0.6 is 0 Å². The van der Waals surface area contributed by atoms with Gasteiger partial charge in [-0.1, -0.05) is 0 Å². The van der Waals surface area contributed by atoms with Crippen molar-refractivity contribution in [3.8, 4) is 0 Å². The Morgan fingerprint density at radius 1 is 1.50 bits per heavy atom. The maximum absolute atomic E-state index is 11.4. The van der Waals surface area contributed by atoms with E-state index in [4.69, 9.17) is 10.5 Å². The highest BCUT2D eigenvalue weighted by molar-refractivity contribution is 6.23. The molecule has 66 valence electrons. The Labute approximate surface area is 70.4 Å². The molecule has 1 aliphatic rings. The molecule has 4 nitrogen and oxygen atoms in total. The van der Waals surface area contributed by atoms with Crippen LogP contribution in [-0.2, 0) is 14.3 Å². The van der Waals surface area contributed by atoms with Crippen molar-refractivity contribution >= 4 is 11.6 Å². The number of rotatable bonds is 1. The van der Waals surface area contributed by atoms with Crippen LogP contribution in [0.2, 0.25) is 0 Å². The van der Waals surface area contributed by atoms with Crippen LogP contribution in [0.3, 0.4) is 0 Å². The molecule has 0 aromatic heterocycles. The van der Waals surface area contributed by atoms with Gasteiger partial charge in [-0.15, -0.1) is 0 Å². The number of hydrogen-bond acceptors (Lipinski definition) is 4. The summed E-state index contributed by atoms with van der Waals surface area (Å²) >= 11 is 0. The first-order chi connectivity index (χ1) is 5.36. The molecule has 0 radical (unpaired) electrons. The van der Waals surface area contributed by atoms with Crippen molar-refractivity contribution in [2.45, 2.75) is 26.4 Å². The van der Waals surface area contributed by atoms with Crippen LogP contribution in [0.15, 0.2) is 11.5 Å². The maximum Gasteiger partial charge on any atom is 0.214 e. The summed E-state index contributed by atoms with van der Waals surface area (Å²) in [6.45, 7) is 4.46. The number of ketones is 2. The van der Waals surface area contributed by atoms with E-state index in [2.05, 4.69) is 0 Å². The zero-order valence-electron chi connectivity index (χ0n) is 7.30. The number of carbonyl (C=O) groups excluding carboxylic acids is 2. The first kappa shape index (κ1) is 8.77. The lowest BCUT2D eigenvalue weighted by atomic mass is 9.97. The van der Waals surface area contributed by atoms with Gasteiger partial charge in [-0.05, 0) is 20.8 Å². The van der Waals surface area contributed by atoms with Gasteiger partial charge in [0.15, 0.2) is 17.3 Å². The molecule has 2 N–H and O–H groups in total. The van der Waals surface area contributed by atoms with Gasteiger partial charge in [0.2, 0.25) is 5.78 Å². The fourth-order valence-electron chi connectivity index (χ4n) is 1.12. The van der Waals surface area contributed by atoms with Gasteiger partial charge in [0.05, 0.1) is 0 Å². The Morgan fingerprint density at radius 3 is 2.17 bits per heavy atom. The highest BCUT2D eigenvalue weighted by Gasteiger charge is 2.42. The van der Waals surface area contributed by atoms with Gasteiger partial charge in [-0.25, -0.2) is 0 Å². The number of carbonyl (C=O) groups is 2. The summed E-state index contributed by atoms with van der Waals surface area (Å²) in [4.78, 5) is 22.3. The largest absolute Gasteiger partial charge is 0.464 e. The van der Waals surface area contributed by atoms with E-state index < -0.39 is 5.60 Å². The summed E-state index contributed by atoms with van der Waals surface area (Å²) in [5, 5.41) is 0. The lowest BCUT2D eigenvalue weighted by molar-refractivity contribution is -0.129. The number of nitrogens with two attached hydrogens (primary N) is 1. The topological polar surface area (TPSA) is 69.4 Å². The second-order valence-corrected chi connectivity index (χ2v) is 3.24. The fraction of sp³-hybridized carbons (Fsp3) is 0.500. The third-order valence-corrected chi connectivity index (χ3v) is 1.74. The van der Waals surface area contributed by atoms with Crippen LogP contribution in [0, 0.1) is 0 Å². The predicted molar refractivity (Wildman–Crippen MR) is 42.1 cm³/mol. The average molecular weight is 169 g/mol. The highest BCUT2D eigenvalue weighted by atomic mass is 16.5. The monoisotopic (exact) mass is 169 g/mol. The van der Waals surface area contributed by atoms with E-state index in [-0.39, 0.29) is 23.0 Å². The van der Waals surface area contributed by atoms with E-state index in [0.29, 0.717) is 0 Å². The molecule has 0 bridgehead atoms. The second kappa shape index (κ2) is 2.33. The summed E-state index contributed by atoms with van der Waals surface area (Å²) in [7, 11) is 0. The molecule has 0 fully saturated rings. The zero-order valence-corrected chi connectivity index (χ0v) is 7.30. The normalized spacial score (nSPS) is 21.1. The number of hydrogen-bond donors (Lipinski definition) is 1. The Hall–Kier alpha value is -1.32. The van der Waals surface area contributed by atoms with E-state index in [1.54, 1.807) is 13.8 Å². The molecule has 0 aromatic carbocycles. The molecule has 0 spiro atoms. The molecule has 0 saturated carbocycles. The molecular weight excluding hydrogens is 158 g/mol. The van der Waals surface area contributed by atoms with Crippen molar-refractivity contribution in [2.24, 2.45) is 5.73 Å². The third kappa shape index (κ3) is 1.09. The molecule has 0 unspecified atom stereocenters. The Kier molecular flexibility index (Phi) is 1.71. The van der Waals surface area contributed by atoms with E-state index in [1.807, 2.05) is 0 Å². The minimum absolute atomic E-state index is 0.0139. The molecule has 0 saturated heterocycles. The lowest BCUT2D eigenvalue weighted by Crippen LogP contribution is -2.30. The average Bonchev–Trinajstić information content (AvgIpc) is 2.02. The van der Waals surface area contributed by atoms with Crippen molar-refractivity contribution in [1.82, 2.24) is 0 Å². The highest BCUT2D eigenvalue weighted by Crippen LogP contribution is 2.27. The molecule has 0 aliphatic carbocycles. The van der Waals surface area contributed by atoms with Gasteiger partial charge >= 0.3 is 0 Å². The van der Waals surface area contributed by atoms with Crippen LogP contribution < -0.4 is 5.73 Å². The molecule has 0 aromatic rings. The molecule has 1 heterocycles. The maximum atomic E-state index is 11.4. The molecule has 1 rings (SSSR count). The molecule has 0 amide bonds. The summed E-state index contributed by atoms with van der Waals surface area (Å²) < 4.78 is 5.02. The first-order valence-electron chi connectivity index (χ1n) is 3.61. The Balaban J connectivity index is 3.10.